The van der Waals surface area contributed by atoms with Crippen LogP contribution in [0.4, 0.5) is 0 Å². The number of aromatic amines is 1. The molecule has 1 aromatic rings. The minimum atomic E-state index is -0.261. The van der Waals surface area contributed by atoms with E-state index in [1.807, 2.05) is 13.8 Å². The lowest BCUT2D eigenvalue weighted by atomic mass is 10.4. The Kier molecular flexibility index (Phi) is 6.65. The molecule has 0 aliphatic heterocycles. The van der Waals surface area contributed by atoms with Crippen molar-refractivity contribution < 1.29 is 9.53 Å². The van der Waals surface area contributed by atoms with Crippen LogP contribution >= 0.6 is 11.8 Å². The van der Waals surface area contributed by atoms with E-state index in [-0.39, 0.29) is 23.4 Å². The Balaban J connectivity index is 2.53. The molecule has 0 aliphatic rings. The number of methoxy groups -OCH3 is 1. The molecule has 1 aromatic heterocycles. The molecule has 1 heterocycles. The molecule has 0 spiro atoms. The maximum Gasteiger partial charge on any atom is 0.343 e. The van der Waals surface area contributed by atoms with Gasteiger partial charge >= 0.3 is 5.69 Å². The van der Waals surface area contributed by atoms with Crippen LogP contribution in [0.15, 0.2) is 9.95 Å². The van der Waals surface area contributed by atoms with Crippen LogP contribution in [0.1, 0.15) is 20.3 Å². The Labute approximate surface area is 116 Å². The number of nitrogens with one attached hydrogen (secondary N) is 2. The molecule has 0 atom stereocenters. The smallest absolute Gasteiger partial charge is 0.343 e. The monoisotopic (exact) mass is 288 g/mol. The van der Waals surface area contributed by atoms with E-state index in [1.165, 1.54) is 16.3 Å². The van der Waals surface area contributed by atoms with E-state index >= 15 is 0 Å². The maximum atomic E-state index is 11.5. The van der Waals surface area contributed by atoms with Gasteiger partial charge in [0.05, 0.1) is 5.75 Å². The number of aromatic nitrogens is 3. The van der Waals surface area contributed by atoms with Crippen molar-refractivity contribution in [3.05, 3.63) is 10.5 Å². The van der Waals surface area contributed by atoms with Crippen molar-refractivity contribution in [2.45, 2.75) is 38.0 Å². The Morgan fingerprint density at radius 2 is 2.32 bits per heavy atom. The second-order valence-corrected chi connectivity index (χ2v) is 5.26. The Bertz CT molecular complexity index is 455. The topological polar surface area (TPSA) is 89.0 Å². The van der Waals surface area contributed by atoms with Crippen molar-refractivity contribution in [2.24, 2.45) is 0 Å². The van der Waals surface area contributed by atoms with Gasteiger partial charge in [-0.25, -0.2) is 9.89 Å². The van der Waals surface area contributed by atoms with E-state index in [2.05, 4.69) is 15.5 Å². The van der Waals surface area contributed by atoms with Gasteiger partial charge in [-0.05, 0) is 20.3 Å². The van der Waals surface area contributed by atoms with E-state index in [9.17, 15) is 9.59 Å². The normalized spacial score (nSPS) is 10.9. The van der Waals surface area contributed by atoms with E-state index in [1.54, 1.807) is 7.11 Å². The molecule has 19 heavy (non-hydrogen) atoms. The maximum absolute atomic E-state index is 11.5. The zero-order valence-corrected chi connectivity index (χ0v) is 12.2. The summed E-state index contributed by atoms with van der Waals surface area (Å²) < 4.78 is 6.47. The third kappa shape index (κ3) is 5.48. The molecular weight excluding hydrogens is 268 g/mol. The van der Waals surface area contributed by atoms with Crippen molar-refractivity contribution in [2.75, 3.05) is 19.5 Å². The number of thioether (sulfide) groups is 1. The second kappa shape index (κ2) is 8.00. The van der Waals surface area contributed by atoms with Gasteiger partial charge in [0.2, 0.25) is 5.91 Å². The van der Waals surface area contributed by atoms with E-state index in [4.69, 9.17) is 4.74 Å². The number of nitrogens with zero attached hydrogens (tertiary/aromatic N) is 2. The highest BCUT2D eigenvalue weighted by molar-refractivity contribution is 7.99. The van der Waals surface area contributed by atoms with Crippen molar-refractivity contribution in [3.63, 3.8) is 0 Å². The summed E-state index contributed by atoms with van der Waals surface area (Å²) in [6.45, 7) is 4.91. The van der Waals surface area contributed by atoms with E-state index in [0.29, 0.717) is 18.3 Å². The van der Waals surface area contributed by atoms with Crippen molar-refractivity contribution in [1.82, 2.24) is 20.1 Å². The lowest BCUT2D eigenvalue weighted by molar-refractivity contribution is -0.119. The minimum absolute atomic E-state index is 0.0705. The zero-order chi connectivity index (χ0) is 14.3. The van der Waals surface area contributed by atoms with Gasteiger partial charge in [-0.1, -0.05) is 11.8 Å². The quantitative estimate of drug-likeness (QED) is 0.528. The van der Waals surface area contributed by atoms with Gasteiger partial charge in [0, 0.05) is 26.3 Å². The number of amides is 1. The highest BCUT2D eigenvalue weighted by atomic mass is 32.2. The highest BCUT2D eigenvalue weighted by Gasteiger charge is 2.11. The second-order valence-electron chi connectivity index (χ2n) is 4.32. The summed E-state index contributed by atoms with van der Waals surface area (Å²) in [5.74, 6) is 0.172. The summed E-state index contributed by atoms with van der Waals surface area (Å²) in [5.41, 5.74) is -0.261. The first-order chi connectivity index (χ1) is 9.04. The number of carbonyl (C=O) groups is 1. The van der Waals surface area contributed by atoms with Crippen LogP contribution in [0.2, 0.25) is 0 Å². The zero-order valence-electron chi connectivity index (χ0n) is 11.4. The number of rotatable bonds is 8. The molecule has 0 bridgehead atoms. The molecule has 1 amide bonds. The Morgan fingerprint density at radius 3 is 2.95 bits per heavy atom. The average molecular weight is 288 g/mol. The van der Waals surface area contributed by atoms with Crippen LogP contribution in [-0.4, -0.2) is 46.2 Å². The molecule has 0 saturated carbocycles. The van der Waals surface area contributed by atoms with Crippen LogP contribution in [-0.2, 0) is 16.1 Å². The average Bonchev–Trinajstić information content (AvgIpc) is 2.68. The van der Waals surface area contributed by atoms with Gasteiger partial charge in [0.1, 0.15) is 0 Å². The van der Waals surface area contributed by atoms with Gasteiger partial charge in [0.25, 0.3) is 0 Å². The van der Waals surface area contributed by atoms with Gasteiger partial charge in [0.15, 0.2) is 5.16 Å². The molecule has 2 N–H and O–H groups in total. The highest BCUT2D eigenvalue weighted by Crippen LogP contribution is 2.12. The number of hydrogen-bond donors (Lipinski definition) is 2. The third-order valence-corrected chi connectivity index (χ3v) is 3.21. The van der Waals surface area contributed by atoms with Crippen LogP contribution in [0, 0.1) is 0 Å². The van der Waals surface area contributed by atoms with Gasteiger partial charge in [-0.2, -0.15) is 0 Å². The molecule has 8 heteroatoms. The summed E-state index contributed by atoms with van der Waals surface area (Å²) >= 11 is 1.24. The molecule has 108 valence electrons. The van der Waals surface area contributed by atoms with Crippen LogP contribution in [0.25, 0.3) is 0 Å². The van der Waals surface area contributed by atoms with Crippen LogP contribution < -0.4 is 11.0 Å². The molecule has 1 rings (SSSR count). The number of ether oxygens (including phenoxy) is 1. The van der Waals surface area contributed by atoms with E-state index < -0.39 is 0 Å². The number of hydrogen-bond acceptors (Lipinski definition) is 5. The molecule has 7 nitrogen and oxygen atoms in total. The molecule has 0 fully saturated rings. The number of carbonyl (C=O) groups excluding carboxylic acids is 1. The molecule has 0 saturated heterocycles. The van der Waals surface area contributed by atoms with Gasteiger partial charge in [-0.3, -0.25) is 9.36 Å². The summed E-state index contributed by atoms with van der Waals surface area (Å²) in [6.07, 6.45) is 0.724. The summed E-state index contributed by atoms with van der Waals surface area (Å²) in [5, 5.41) is 9.62. The SMILES string of the molecule is COCCCn1c(SCC(=O)NC(C)C)n[nH]c1=O. The van der Waals surface area contributed by atoms with Crippen molar-refractivity contribution in [3.8, 4) is 0 Å². The Hall–Kier alpha value is -1.28. The van der Waals surface area contributed by atoms with E-state index in [0.717, 1.165) is 6.42 Å². The van der Waals surface area contributed by atoms with Crippen LogP contribution in [0.3, 0.4) is 0 Å². The number of H-pyrrole nitrogens is 1. The molecule has 0 aromatic carbocycles. The molecular formula is C11H20N4O3S. The first-order valence-electron chi connectivity index (χ1n) is 6.11. The van der Waals surface area contributed by atoms with Gasteiger partial charge in [-0.15, -0.1) is 5.10 Å². The first kappa shape index (κ1) is 15.8. The standard InChI is InChI=1S/C11H20N4O3S/c1-8(2)12-9(16)7-19-11-14-13-10(17)15(11)5-4-6-18-3/h8H,4-7H2,1-3H3,(H,12,16)(H,13,17). The fraction of sp³-hybridized carbons (Fsp3) is 0.727. The third-order valence-electron chi connectivity index (χ3n) is 2.24. The Morgan fingerprint density at radius 1 is 1.58 bits per heavy atom. The summed E-state index contributed by atoms with van der Waals surface area (Å²) in [7, 11) is 1.62. The predicted molar refractivity (Wildman–Crippen MR) is 73.3 cm³/mol. The summed E-state index contributed by atoms with van der Waals surface area (Å²) in [4.78, 5) is 23.1. The fourth-order valence-electron chi connectivity index (χ4n) is 1.47. The molecule has 0 unspecified atom stereocenters. The van der Waals surface area contributed by atoms with Crippen molar-refractivity contribution in [1.29, 1.82) is 0 Å². The largest absolute Gasteiger partial charge is 0.385 e. The fourth-order valence-corrected chi connectivity index (χ4v) is 2.26. The lowest BCUT2D eigenvalue weighted by Gasteiger charge is -2.08. The molecule has 0 radical (unpaired) electrons. The summed E-state index contributed by atoms with van der Waals surface area (Å²) in [6, 6.07) is 0.108. The van der Waals surface area contributed by atoms with Gasteiger partial charge < -0.3 is 10.1 Å². The first-order valence-corrected chi connectivity index (χ1v) is 7.09. The van der Waals surface area contributed by atoms with Crippen molar-refractivity contribution >= 4 is 17.7 Å². The van der Waals surface area contributed by atoms with Crippen LogP contribution in [0.5, 0.6) is 0 Å². The predicted octanol–water partition coefficient (Wildman–Crippen LogP) is 0.225. The molecule has 0 aliphatic carbocycles. The minimum Gasteiger partial charge on any atom is -0.385 e. The lowest BCUT2D eigenvalue weighted by Crippen LogP contribution is -2.31.